The van der Waals surface area contributed by atoms with Crippen molar-refractivity contribution in [2.45, 2.75) is 32.9 Å². The van der Waals surface area contributed by atoms with Gasteiger partial charge in [0.15, 0.2) is 0 Å². The van der Waals surface area contributed by atoms with Gasteiger partial charge in [-0.1, -0.05) is 31.2 Å². The van der Waals surface area contributed by atoms with Crippen LogP contribution in [0.1, 0.15) is 37.6 Å². The molecule has 5 nitrogen and oxygen atoms in total. The van der Waals surface area contributed by atoms with Crippen molar-refractivity contribution in [3.05, 3.63) is 41.7 Å². The summed E-state index contributed by atoms with van der Waals surface area (Å²) in [4.78, 5) is 0. The molecule has 0 saturated carbocycles. The van der Waals surface area contributed by atoms with Crippen LogP contribution < -0.4 is 10.1 Å². The average Bonchev–Trinajstić information content (AvgIpc) is 2.89. The maximum absolute atomic E-state index is 5.70. The molecule has 1 aromatic heterocycles. The molecule has 0 aliphatic rings. The van der Waals surface area contributed by atoms with Crippen molar-refractivity contribution < 1.29 is 4.74 Å². The Labute approximate surface area is 120 Å². The lowest BCUT2D eigenvalue weighted by Gasteiger charge is -2.16. The van der Waals surface area contributed by atoms with Gasteiger partial charge < -0.3 is 10.1 Å². The van der Waals surface area contributed by atoms with Crippen molar-refractivity contribution in [1.29, 1.82) is 0 Å². The maximum atomic E-state index is 5.70. The summed E-state index contributed by atoms with van der Waals surface area (Å²) in [6, 6.07) is 8.65. The molecule has 1 heterocycles. The number of nitrogens with zero attached hydrogens (tertiary/aromatic N) is 3. The highest BCUT2D eigenvalue weighted by Gasteiger charge is 2.07. The zero-order valence-electron chi connectivity index (χ0n) is 12.3. The van der Waals surface area contributed by atoms with Gasteiger partial charge in [-0.2, -0.15) is 0 Å². The van der Waals surface area contributed by atoms with E-state index in [-0.39, 0.29) is 0 Å². The van der Waals surface area contributed by atoms with Gasteiger partial charge >= 0.3 is 0 Å². The fraction of sp³-hybridized carbons (Fsp3) is 0.467. The number of ether oxygens (including phenoxy) is 1. The second-order valence-corrected chi connectivity index (χ2v) is 4.76. The number of nitrogens with one attached hydrogen (secondary N) is 1. The summed E-state index contributed by atoms with van der Waals surface area (Å²) in [5.74, 6) is 0.853. The Balaban J connectivity index is 1.94. The molecular weight excluding hydrogens is 252 g/mol. The van der Waals surface area contributed by atoms with Gasteiger partial charge in [-0.3, -0.25) is 4.68 Å². The van der Waals surface area contributed by atoms with Crippen molar-refractivity contribution in [3.63, 3.8) is 0 Å². The second kappa shape index (κ2) is 7.05. The third-order valence-electron chi connectivity index (χ3n) is 3.18. The third kappa shape index (κ3) is 3.81. The number of benzene rings is 1. The van der Waals surface area contributed by atoms with Crippen LogP contribution in [-0.4, -0.2) is 21.5 Å². The molecule has 0 spiro atoms. The van der Waals surface area contributed by atoms with Crippen molar-refractivity contribution in [1.82, 2.24) is 20.3 Å². The molecule has 0 radical (unpaired) electrons. The Kier molecular flexibility index (Phi) is 5.12. The van der Waals surface area contributed by atoms with Crippen LogP contribution in [0.3, 0.4) is 0 Å². The van der Waals surface area contributed by atoms with E-state index in [0.29, 0.717) is 12.6 Å². The summed E-state index contributed by atoms with van der Waals surface area (Å²) in [7, 11) is 1.84. The Bertz CT molecular complexity index is 521. The van der Waals surface area contributed by atoms with Gasteiger partial charge in [-0.15, -0.1) is 5.10 Å². The van der Waals surface area contributed by atoms with Crippen LogP contribution in [0.5, 0.6) is 5.75 Å². The fourth-order valence-electron chi connectivity index (χ4n) is 2.16. The molecule has 1 unspecified atom stereocenters. The van der Waals surface area contributed by atoms with E-state index >= 15 is 0 Å². The predicted molar refractivity (Wildman–Crippen MR) is 78.5 cm³/mol. The summed E-state index contributed by atoms with van der Waals surface area (Å²) >= 11 is 0. The van der Waals surface area contributed by atoms with E-state index in [9.17, 15) is 0 Å². The first kappa shape index (κ1) is 14.5. The van der Waals surface area contributed by atoms with Crippen LogP contribution in [0, 0.1) is 0 Å². The maximum Gasteiger partial charge on any atom is 0.134 e. The van der Waals surface area contributed by atoms with Gasteiger partial charge in [-0.25, -0.2) is 0 Å². The van der Waals surface area contributed by atoms with Crippen molar-refractivity contribution >= 4 is 0 Å². The predicted octanol–water partition coefficient (Wildman–Crippen LogP) is 2.45. The first-order valence-electron chi connectivity index (χ1n) is 7.04. The van der Waals surface area contributed by atoms with Gasteiger partial charge in [0.25, 0.3) is 0 Å². The van der Waals surface area contributed by atoms with E-state index in [1.54, 1.807) is 4.68 Å². The van der Waals surface area contributed by atoms with Crippen molar-refractivity contribution in [3.8, 4) is 5.75 Å². The Morgan fingerprint density at radius 1 is 1.25 bits per heavy atom. The van der Waals surface area contributed by atoms with Crippen LogP contribution >= 0.6 is 0 Å². The van der Waals surface area contributed by atoms with Gasteiger partial charge in [0.2, 0.25) is 0 Å². The molecule has 0 aliphatic heterocycles. The second-order valence-electron chi connectivity index (χ2n) is 4.76. The molecule has 20 heavy (non-hydrogen) atoms. The minimum Gasteiger partial charge on any atom is -0.487 e. The first-order chi connectivity index (χ1) is 9.72. The zero-order chi connectivity index (χ0) is 14.4. The molecule has 0 aliphatic carbocycles. The molecular formula is C15H22N4O. The lowest BCUT2D eigenvalue weighted by Crippen LogP contribution is -2.19. The molecule has 1 N–H and O–H groups in total. The number of rotatable bonds is 7. The van der Waals surface area contributed by atoms with Crippen LogP contribution in [0.15, 0.2) is 30.5 Å². The summed E-state index contributed by atoms with van der Waals surface area (Å²) in [6.07, 6.45) is 2.93. The quantitative estimate of drug-likeness (QED) is 0.842. The molecule has 0 fully saturated rings. The zero-order valence-corrected chi connectivity index (χ0v) is 12.3. The van der Waals surface area contributed by atoms with Crippen molar-refractivity contribution in [2.75, 3.05) is 6.54 Å². The van der Waals surface area contributed by atoms with Gasteiger partial charge in [0.1, 0.15) is 18.1 Å². The average molecular weight is 274 g/mol. The number of aryl methyl sites for hydroxylation is 1. The molecule has 2 rings (SSSR count). The molecule has 0 amide bonds. The SMILES string of the molecule is CCNC(CC)c1ccc(OCc2cn(C)nn2)cc1. The van der Waals surface area contributed by atoms with Crippen LogP contribution in [0.4, 0.5) is 0 Å². The van der Waals surface area contributed by atoms with Crippen LogP contribution in [0.2, 0.25) is 0 Å². The lowest BCUT2D eigenvalue weighted by molar-refractivity contribution is 0.301. The van der Waals surface area contributed by atoms with E-state index in [1.165, 1.54) is 5.56 Å². The lowest BCUT2D eigenvalue weighted by atomic mass is 10.0. The molecule has 1 aromatic carbocycles. The van der Waals surface area contributed by atoms with Gasteiger partial charge in [-0.05, 0) is 30.7 Å². The molecule has 108 valence electrons. The number of hydrogen-bond acceptors (Lipinski definition) is 4. The minimum absolute atomic E-state index is 0.411. The Morgan fingerprint density at radius 3 is 2.55 bits per heavy atom. The smallest absolute Gasteiger partial charge is 0.134 e. The van der Waals surface area contributed by atoms with E-state index < -0.39 is 0 Å². The Hall–Kier alpha value is -1.88. The highest BCUT2D eigenvalue weighted by Crippen LogP contribution is 2.20. The van der Waals surface area contributed by atoms with E-state index in [0.717, 1.165) is 24.4 Å². The van der Waals surface area contributed by atoms with Gasteiger partial charge in [0.05, 0.1) is 6.20 Å². The largest absolute Gasteiger partial charge is 0.487 e. The first-order valence-corrected chi connectivity index (χ1v) is 7.04. The van der Waals surface area contributed by atoms with E-state index in [4.69, 9.17) is 4.74 Å². The van der Waals surface area contributed by atoms with E-state index in [2.05, 4.69) is 41.6 Å². The van der Waals surface area contributed by atoms with Gasteiger partial charge in [0, 0.05) is 13.1 Å². The summed E-state index contributed by atoms with van der Waals surface area (Å²) < 4.78 is 7.37. The molecule has 2 aromatic rings. The summed E-state index contributed by atoms with van der Waals surface area (Å²) in [6.45, 7) is 5.73. The number of aromatic nitrogens is 3. The minimum atomic E-state index is 0.411. The topological polar surface area (TPSA) is 52.0 Å². The standard InChI is InChI=1S/C15H22N4O/c1-4-15(16-5-2)12-6-8-14(9-7-12)20-11-13-10-19(3)18-17-13/h6-10,15-16H,4-5,11H2,1-3H3. The highest BCUT2D eigenvalue weighted by atomic mass is 16.5. The normalized spacial score (nSPS) is 12.3. The fourth-order valence-corrected chi connectivity index (χ4v) is 2.16. The summed E-state index contributed by atoms with van der Waals surface area (Å²) in [5, 5.41) is 11.3. The molecule has 5 heteroatoms. The monoisotopic (exact) mass is 274 g/mol. The summed E-state index contributed by atoms with van der Waals surface area (Å²) in [5.41, 5.74) is 2.12. The molecule has 0 bridgehead atoms. The van der Waals surface area contributed by atoms with Crippen LogP contribution in [0.25, 0.3) is 0 Å². The van der Waals surface area contributed by atoms with E-state index in [1.807, 2.05) is 25.4 Å². The number of hydrogen-bond donors (Lipinski definition) is 1. The molecule has 0 saturated heterocycles. The third-order valence-corrected chi connectivity index (χ3v) is 3.18. The highest BCUT2D eigenvalue weighted by molar-refractivity contribution is 5.29. The Morgan fingerprint density at radius 2 is 2.00 bits per heavy atom. The molecule has 1 atom stereocenters. The van der Waals surface area contributed by atoms with Crippen molar-refractivity contribution in [2.24, 2.45) is 7.05 Å². The van der Waals surface area contributed by atoms with Crippen LogP contribution in [-0.2, 0) is 13.7 Å².